The molecule has 1 amide bonds. The van der Waals surface area contributed by atoms with E-state index in [-0.39, 0.29) is 12.3 Å². The Hall–Kier alpha value is -3.34. The Morgan fingerprint density at radius 2 is 1.60 bits per heavy atom. The summed E-state index contributed by atoms with van der Waals surface area (Å²) in [6.07, 6.45) is 1.38. The molecule has 5 heteroatoms. The van der Waals surface area contributed by atoms with E-state index in [4.69, 9.17) is 8.83 Å². The molecule has 0 bridgehead atoms. The van der Waals surface area contributed by atoms with E-state index in [9.17, 15) is 9.59 Å². The highest BCUT2D eigenvalue weighted by molar-refractivity contribution is 5.96. The fraction of sp³-hybridized carbons (Fsp3) is 0.280. The summed E-state index contributed by atoms with van der Waals surface area (Å²) in [5.74, 6) is 0.786. The molecule has 0 aliphatic heterocycles. The fourth-order valence-electron chi connectivity index (χ4n) is 3.83. The molecule has 0 aliphatic carbocycles. The third kappa shape index (κ3) is 3.88. The molecule has 2 heterocycles. The van der Waals surface area contributed by atoms with Crippen molar-refractivity contribution in [2.45, 2.75) is 40.0 Å². The van der Waals surface area contributed by atoms with Gasteiger partial charge in [-0.25, -0.2) is 4.79 Å². The molecule has 0 unspecified atom stereocenters. The normalized spacial score (nSPS) is 11.3. The number of rotatable bonds is 6. The second kappa shape index (κ2) is 8.19. The van der Waals surface area contributed by atoms with Gasteiger partial charge in [-0.15, -0.1) is 0 Å². The van der Waals surface area contributed by atoms with Crippen LogP contribution in [0.3, 0.4) is 0 Å². The highest BCUT2D eigenvalue weighted by Gasteiger charge is 2.16. The zero-order chi connectivity index (χ0) is 21.3. The predicted octanol–water partition coefficient (Wildman–Crippen LogP) is 4.76. The lowest BCUT2D eigenvalue weighted by Gasteiger charge is -2.09. The van der Waals surface area contributed by atoms with Crippen molar-refractivity contribution in [2.24, 2.45) is 0 Å². The van der Waals surface area contributed by atoms with Gasteiger partial charge in [0.1, 0.15) is 16.9 Å². The third-order valence-corrected chi connectivity index (χ3v) is 5.76. The van der Waals surface area contributed by atoms with Crippen molar-refractivity contribution < 1.29 is 13.6 Å². The van der Waals surface area contributed by atoms with E-state index in [1.165, 1.54) is 5.56 Å². The van der Waals surface area contributed by atoms with Gasteiger partial charge in [0.25, 0.3) is 0 Å². The van der Waals surface area contributed by atoms with E-state index >= 15 is 0 Å². The minimum absolute atomic E-state index is 0.0680. The maximum Gasteiger partial charge on any atom is 0.339 e. The zero-order valence-electron chi connectivity index (χ0n) is 17.5. The maximum absolute atomic E-state index is 12.5. The average Bonchev–Trinajstić information content (AvgIpc) is 3.00. The van der Waals surface area contributed by atoms with E-state index in [1.54, 1.807) is 6.07 Å². The molecule has 0 atom stereocenters. The minimum atomic E-state index is -0.392. The molecule has 0 spiro atoms. The number of carbonyl (C=O) groups excluding carboxylic acids is 1. The molecule has 0 radical (unpaired) electrons. The topological polar surface area (TPSA) is 72.5 Å². The number of hydrogen-bond donors (Lipinski definition) is 1. The lowest BCUT2D eigenvalue weighted by Crippen LogP contribution is -2.26. The summed E-state index contributed by atoms with van der Waals surface area (Å²) in [6.45, 7) is 6.42. The minimum Gasteiger partial charge on any atom is -0.461 e. The average molecular weight is 403 g/mol. The highest BCUT2D eigenvalue weighted by atomic mass is 16.4. The Labute approximate surface area is 174 Å². The molecular formula is C25H25NO4. The number of carbonyl (C=O) groups is 1. The third-order valence-electron chi connectivity index (χ3n) is 5.76. The molecule has 0 saturated carbocycles. The van der Waals surface area contributed by atoms with Crippen molar-refractivity contribution >= 4 is 27.8 Å². The molecule has 0 saturated heterocycles. The first kappa shape index (κ1) is 20.0. The van der Waals surface area contributed by atoms with Crippen LogP contribution in [0, 0.1) is 20.8 Å². The van der Waals surface area contributed by atoms with Crippen LogP contribution in [0.2, 0.25) is 0 Å². The summed E-state index contributed by atoms with van der Waals surface area (Å²) in [5.41, 5.74) is 4.50. The Morgan fingerprint density at radius 1 is 0.900 bits per heavy atom. The fourth-order valence-corrected chi connectivity index (χ4v) is 3.83. The quantitative estimate of drug-likeness (QED) is 0.471. The van der Waals surface area contributed by atoms with Gasteiger partial charge in [-0.3, -0.25) is 4.79 Å². The van der Waals surface area contributed by atoms with Crippen molar-refractivity contribution in [3.63, 3.8) is 0 Å². The molecule has 2 aromatic heterocycles. The summed E-state index contributed by atoms with van der Waals surface area (Å²) >= 11 is 0. The number of fused-ring (bicyclic) bond motifs is 2. The predicted molar refractivity (Wildman–Crippen MR) is 118 cm³/mol. The van der Waals surface area contributed by atoms with E-state index in [0.29, 0.717) is 29.7 Å². The second-order valence-electron chi connectivity index (χ2n) is 7.71. The largest absolute Gasteiger partial charge is 0.461 e. The Kier molecular flexibility index (Phi) is 5.44. The van der Waals surface area contributed by atoms with Gasteiger partial charge < -0.3 is 14.2 Å². The van der Waals surface area contributed by atoms with Gasteiger partial charge in [0.2, 0.25) is 5.91 Å². The Balaban J connectivity index is 1.49. The van der Waals surface area contributed by atoms with Crippen LogP contribution in [0.4, 0.5) is 0 Å². The van der Waals surface area contributed by atoms with Gasteiger partial charge >= 0.3 is 5.63 Å². The van der Waals surface area contributed by atoms with Crippen LogP contribution < -0.4 is 10.9 Å². The number of benzene rings is 2. The highest BCUT2D eigenvalue weighted by Crippen LogP contribution is 2.31. The van der Waals surface area contributed by atoms with E-state index in [2.05, 4.69) is 5.32 Å². The lowest BCUT2D eigenvalue weighted by molar-refractivity contribution is -0.121. The molecule has 0 aliphatic rings. The molecule has 5 nitrogen and oxygen atoms in total. The van der Waals surface area contributed by atoms with Gasteiger partial charge in [-0.2, -0.15) is 0 Å². The second-order valence-corrected chi connectivity index (χ2v) is 7.71. The first-order valence-corrected chi connectivity index (χ1v) is 10.2. The maximum atomic E-state index is 12.5. The number of nitrogens with one attached hydrogen (secondary N) is 1. The summed E-state index contributed by atoms with van der Waals surface area (Å²) in [6, 6.07) is 13.8. The molecule has 154 valence electrons. The molecule has 4 aromatic rings. The first-order valence-electron chi connectivity index (χ1n) is 10.2. The van der Waals surface area contributed by atoms with E-state index < -0.39 is 5.63 Å². The van der Waals surface area contributed by atoms with Crippen LogP contribution in [-0.4, -0.2) is 12.5 Å². The summed E-state index contributed by atoms with van der Waals surface area (Å²) in [7, 11) is 0. The van der Waals surface area contributed by atoms with Crippen LogP contribution in [0.1, 0.15) is 34.4 Å². The van der Waals surface area contributed by atoms with Gasteiger partial charge in [-0.05, 0) is 56.4 Å². The zero-order valence-corrected chi connectivity index (χ0v) is 17.5. The monoisotopic (exact) mass is 403 g/mol. The van der Waals surface area contributed by atoms with Crippen molar-refractivity contribution in [3.05, 3.63) is 80.9 Å². The smallest absolute Gasteiger partial charge is 0.339 e. The molecule has 0 fully saturated rings. The van der Waals surface area contributed by atoms with E-state index in [1.807, 2.05) is 57.2 Å². The van der Waals surface area contributed by atoms with Crippen LogP contribution >= 0.6 is 0 Å². The summed E-state index contributed by atoms with van der Waals surface area (Å²) in [4.78, 5) is 24.8. The number of aryl methyl sites for hydroxylation is 3. The van der Waals surface area contributed by atoms with Gasteiger partial charge in [0.15, 0.2) is 0 Å². The summed E-state index contributed by atoms with van der Waals surface area (Å²) in [5, 5.41) is 4.82. The standard InChI is InChI=1S/C25H25NO4/c1-15-17(3)29-22-14-23-21(13-20(15)22)16(2)19(25(28)30-23)9-10-24(27)26-12-11-18-7-5-4-6-8-18/h4-8,13-14H,9-12H2,1-3H3,(H,26,27). The van der Waals surface area contributed by atoms with E-state index in [0.717, 1.165) is 34.1 Å². The van der Waals surface area contributed by atoms with Gasteiger partial charge in [0, 0.05) is 35.4 Å². The molecular weight excluding hydrogens is 378 g/mol. The van der Waals surface area contributed by atoms with Crippen molar-refractivity contribution in [1.82, 2.24) is 5.32 Å². The van der Waals surface area contributed by atoms with Gasteiger partial charge in [-0.1, -0.05) is 30.3 Å². The molecule has 1 N–H and O–H groups in total. The van der Waals surface area contributed by atoms with Gasteiger partial charge in [0.05, 0.1) is 0 Å². The number of amides is 1. The van der Waals surface area contributed by atoms with Crippen molar-refractivity contribution in [3.8, 4) is 0 Å². The molecule has 4 rings (SSSR count). The van der Waals surface area contributed by atoms with Crippen LogP contribution in [0.15, 0.2) is 56.1 Å². The molecule has 30 heavy (non-hydrogen) atoms. The molecule has 2 aromatic carbocycles. The lowest BCUT2D eigenvalue weighted by atomic mass is 10.0. The van der Waals surface area contributed by atoms with Crippen molar-refractivity contribution in [2.75, 3.05) is 6.54 Å². The summed E-state index contributed by atoms with van der Waals surface area (Å²) < 4.78 is 11.3. The Bertz CT molecular complexity index is 1280. The van der Waals surface area contributed by atoms with Crippen LogP contribution in [0.25, 0.3) is 21.9 Å². The first-order chi connectivity index (χ1) is 14.4. The van der Waals surface area contributed by atoms with Crippen molar-refractivity contribution in [1.29, 1.82) is 0 Å². The SMILES string of the molecule is Cc1oc2cc3oc(=O)c(CCC(=O)NCCc4ccccc4)c(C)c3cc2c1C. The van der Waals surface area contributed by atoms with Crippen LogP contribution in [-0.2, 0) is 17.6 Å². The number of furan rings is 1. The van der Waals surface area contributed by atoms with Crippen LogP contribution in [0.5, 0.6) is 0 Å². The Morgan fingerprint density at radius 3 is 2.37 bits per heavy atom. The number of hydrogen-bond acceptors (Lipinski definition) is 4.